The fourth-order valence-corrected chi connectivity index (χ4v) is 1.12. The molecule has 6 heteroatoms. The largest absolute Gasteiger partial charge is 0.450 e. The molecule has 0 unspecified atom stereocenters. The summed E-state index contributed by atoms with van der Waals surface area (Å²) in [5, 5.41) is 2.04. The lowest BCUT2D eigenvalue weighted by Crippen LogP contribution is -2.17. The molecule has 0 heterocycles. The van der Waals surface area contributed by atoms with Crippen LogP contribution in [0.5, 0.6) is 0 Å². The third-order valence-electron chi connectivity index (χ3n) is 1.74. The molecule has 0 bridgehead atoms. The lowest BCUT2D eigenvalue weighted by molar-refractivity contribution is -0.136. The molecule has 0 fully saturated rings. The number of halogens is 3. The third-order valence-corrected chi connectivity index (χ3v) is 1.74. The Morgan fingerprint density at radius 1 is 1.38 bits per heavy atom. The average molecular weight is 233 g/mol. The summed E-state index contributed by atoms with van der Waals surface area (Å²) in [5.41, 5.74) is -1.21. The second-order valence-electron chi connectivity index (χ2n) is 2.89. The van der Waals surface area contributed by atoms with E-state index in [1.165, 1.54) is 18.2 Å². The molecule has 0 aliphatic rings. The number of benzene rings is 1. The Morgan fingerprint density at radius 3 is 2.56 bits per heavy atom. The fourth-order valence-electron chi connectivity index (χ4n) is 1.12. The van der Waals surface area contributed by atoms with Crippen LogP contribution in [-0.2, 0) is 10.9 Å². The van der Waals surface area contributed by atoms with E-state index in [0.717, 1.165) is 6.07 Å². The molecule has 0 aliphatic heterocycles. The van der Waals surface area contributed by atoms with E-state index in [1.54, 1.807) is 6.92 Å². The average Bonchev–Trinajstić information content (AvgIpc) is 2.17. The lowest BCUT2D eigenvalue weighted by atomic mass is 10.2. The van der Waals surface area contributed by atoms with Gasteiger partial charge < -0.3 is 4.74 Å². The van der Waals surface area contributed by atoms with Crippen molar-refractivity contribution < 1.29 is 22.7 Å². The molecule has 1 amide bonds. The first-order chi connectivity index (χ1) is 7.45. The maximum absolute atomic E-state index is 12.5. The smallest absolute Gasteiger partial charge is 0.418 e. The van der Waals surface area contributed by atoms with Crippen molar-refractivity contribution in [3.63, 3.8) is 0 Å². The van der Waals surface area contributed by atoms with E-state index in [4.69, 9.17) is 0 Å². The summed E-state index contributed by atoms with van der Waals surface area (Å²) in [7, 11) is 0. The highest BCUT2D eigenvalue weighted by molar-refractivity contribution is 5.85. The van der Waals surface area contributed by atoms with Crippen LogP contribution in [0.15, 0.2) is 24.3 Å². The highest BCUT2D eigenvalue weighted by Gasteiger charge is 2.33. The van der Waals surface area contributed by atoms with E-state index in [2.05, 4.69) is 4.74 Å². The van der Waals surface area contributed by atoms with Crippen molar-refractivity contribution in [3.8, 4) is 0 Å². The number of hydrogen-bond donors (Lipinski definition) is 1. The van der Waals surface area contributed by atoms with E-state index in [9.17, 15) is 18.0 Å². The number of anilines is 1. The summed E-state index contributed by atoms with van der Waals surface area (Å²) in [6, 6.07) is 4.71. The first-order valence-corrected chi connectivity index (χ1v) is 4.55. The number of nitrogens with one attached hydrogen (secondary N) is 1. The normalized spacial score (nSPS) is 11.0. The van der Waals surface area contributed by atoms with Crippen molar-refractivity contribution in [3.05, 3.63) is 29.8 Å². The standard InChI is InChI=1S/C10H10F3NO2/c1-2-16-9(15)14-8-6-4-3-5-7(8)10(11,12)13/h3-6H,2H2,1H3,(H,14,15). The summed E-state index contributed by atoms with van der Waals surface area (Å²) in [6.07, 6.45) is -5.41. The maximum atomic E-state index is 12.5. The van der Waals surface area contributed by atoms with Crippen molar-refractivity contribution in [1.29, 1.82) is 0 Å². The Hall–Kier alpha value is -1.72. The number of rotatable bonds is 2. The van der Waals surface area contributed by atoms with Crippen LogP contribution in [0.3, 0.4) is 0 Å². The van der Waals surface area contributed by atoms with Crippen LogP contribution >= 0.6 is 0 Å². The minimum atomic E-state index is -4.50. The number of ether oxygens (including phenoxy) is 1. The van der Waals surface area contributed by atoms with Gasteiger partial charge in [0.25, 0.3) is 0 Å². The number of carbonyl (C=O) groups excluding carboxylic acids is 1. The molecule has 0 spiro atoms. The summed E-state index contributed by atoms with van der Waals surface area (Å²) in [5.74, 6) is 0. The summed E-state index contributed by atoms with van der Waals surface area (Å²) in [6.45, 7) is 1.66. The van der Waals surface area contributed by atoms with Gasteiger partial charge in [-0.2, -0.15) is 13.2 Å². The van der Waals surface area contributed by atoms with Crippen LogP contribution in [-0.4, -0.2) is 12.7 Å². The Balaban J connectivity index is 2.92. The van der Waals surface area contributed by atoms with Gasteiger partial charge in [-0.25, -0.2) is 4.79 Å². The lowest BCUT2D eigenvalue weighted by Gasteiger charge is -2.12. The van der Waals surface area contributed by atoms with Crippen LogP contribution in [0.1, 0.15) is 12.5 Å². The van der Waals surface area contributed by atoms with Crippen molar-refractivity contribution in [2.75, 3.05) is 11.9 Å². The number of amides is 1. The summed E-state index contributed by atoms with van der Waals surface area (Å²) >= 11 is 0. The number of carbonyl (C=O) groups is 1. The molecular weight excluding hydrogens is 223 g/mol. The molecular formula is C10H10F3NO2. The molecule has 0 saturated heterocycles. The second-order valence-corrected chi connectivity index (χ2v) is 2.89. The first-order valence-electron chi connectivity index (χ1n) is 4.55. The SMILES string of the molecule is CCOC(=O)Nc1ccccc1C(F)(F)F. The Morgan fingerprint density at radius 2 is 2.00 bits per heavy atom. The molecule has 0 aliphatic carbocycles. The first kappa shape index (κ1) is 12.4. The molecule has 3 nitrogen and oxygen atoms in total. The predicted octanol–water partition coefficient (Wildman–Crippen LogP) is 3.27. The fraction of sp³-hybridized carbons (Fsp3) is 0.300. The monoisotopic (exact) mass is 233 g/mol. The van der Waals surface area contributed by atoms with Gasteiger partial charge in [-0.15, -0.1) is 0 Å². The topological polar surface area (TPSA) is 38.3 Å². The van der Waals surface area contributed by atoms with Gasteiger partial charge in [0, 0.05) is 0 Å². The molecule has 1 rings (SSSR count). The van der Waals surface area contributed by atoms with Crippen molar-refractivity contribution >= 4 is 11.8 Å². The van der Waals surface area contributed by atoms with Gasteiger partial charge >= 0.3 is 12.3 Å². The second kappa shape index (κ2) is 4.87. The predicted molar refractivity (Wildman–Crippen MR) is 52.1 cm³/mol. The molecule has 88 valence electrons. The zero-order valence-electron chi connectivity index (χ0n) is 8.47. The van der Waals surface area contributed by atoms with Crippen LogP contribution in [0, 0.1) is 0 Å². The van der Waals surface area contributed by atoms with Crippen LogP contribution < -0.4 is 5.32 Å². The molecule has 1 aromatic rings. The Labute approximate surface area is 90.2 Å². The highest BCUT2D eigenvalue weighted by atomic mass is 19.4. The van der Waals surface area contributed by atoms with Gasteiger partial charge in [0.15, 0.2) is 0 Å². The quantitative estimate of drug-likeness (QED) is 0.851. The molecule has 0 atom stereocenters. The van der Waals surface area contributed by atoms with Crippen molar-refractivity contribution in [2.24, 2.45) is 0 Å². The van der Waals surface area contributed by atoms with Gasteiger partial charge in [0.05, 0.1) is 17.9 Å². The minimum Gasteiger partial charge on any atom is -0.450 e. The summed E-state index contributed by atoms with van der Waals surface area (Å²) in [4.78, 5) is 11.0. The summed E-state index contributed by atoms with van der Waals surface area (Å²) < 4.78 is 42.0. The van der Waals surface area contributed by atoms with Gasteiger partial charge in [-0.1, -0.05) is 12.1 Å². The molecule has 0 radical (unpaired) electrons. The maximum Gasteiger partial charge on any atom is 0.418 e. The van der Waals surface area contributed by atoms with Gasteiger partial charge in [0.1, 0.15) is 0 Å². The third kappa shape index (κ3) is 3.15. The molecule has 1 N–H and O–H groups in total. The molecule has 0 aromatic heterocycles. The van der Waals surface area contributed by atoms with Crippen LogP contribution in [0.2, 0.25) is 0 Å². The molecule has 0 saturated carbocycles. The number of hydrogen-bond acceptors (Lipinski definition) is 2. The number of para-hydroxylation sites is 1. The van der Waals surface area contributed by atoms with E-state index < -0.39 is 17.8 Å². The zero-order valence-corrected chi connectivity index (χ0v) is 8.47. The van der Waals surface area contributed by atoms with Crippen molar-refractivity contribution in [1.82, 2.24) is 0 Å². The van der Waals surface area contributed by atoms with E-state index >= 15 is 0 Å². The van der Waals surface area contributed by atoms with Crippen molar-refractivity contribution in [2.45, 2.75) is 13.1 Å². The number of alkyl halides is 3. The van der Waals surface area contributed by atoms with E-state index in [1.807, 2.05) is 5.32 Å². The highest BCUT2D eigenvalue weighted by Crippen LogP contribution is 2.34. The van der Waals surface area contributed by atoms with E-state index in [-0.39, 0.29) is 12.3 Å². The van der Waals surface area contributed by atoms with Gasteiger partial charge in [-0.3, -0.25) is 5.32 Å². The zero-order chi connectivity index (χ0) is 12.2. The minimum absolute atomic E-state index is 0.0972. The molecule has 1 aromatic carbocycles. The van der Waals surface area contributed by atoms with Gasteiger partial charge in [0.2, 0.25) is 0 Å². The van der Waals surface area contributed by atoms with Gasteiger partial charge in [-0.05, 0) is 19.1 Å². The Bertz CT molecular complexity index is 377. The van der Waals surface area contributed by atoms with E-state index in [0.29, 0.717) is 0 Å². The Kier molecular flexibility index (Phi) is 3.76. The van der Waals surface area contributed by atoms with Crippen LogP contribution in [0.25, 0.3) is 0 Å². The van der Waals surface area contributed by atoms with Crippen LogP contribution in [0.4, 0.5) is 23.7 Å². The molecule has 16 heavy (non-hydrogen) atoms.